The number of carbonyl (C=O) groups is 1. The highest BCUT2D eigenvalue weighted by Gasteiger charge is 2.22. The van der Waals surface area contributed by atoms with Gasteiger partial charge in [0.15, 0.2) is 0 Å². The Bertz CT molecular complexity index is 323. The molecule has 15 heavy (non-hydrogen) atoms. The Kier molecular flexibility index (Phi) is 3.38. The molecule has 2 rings (SSSR count). The molecule has 0 radical (unpaired) electrons. The van der Waals surface area contributed by atoms with Crippen molar-refractivity contribution in [2.45, 2.75) is 19.4 Å². The number of nitrogens with one attached hydrogen (secondary N) is 1. The van der Waals surface area contributed by atoms with E-state index in [0.29, 0.717) is 12.5 Å². The Morgan fingerprint density at radius 2 is 2.60 bits per heavy atom. The average Bonchev–Trinajstić information content (AvgIpc) is 2.71. The highest BCUT2D eigenvalue weighted by Crippen LogP contribution is 2.10. The summed E-state index contributed by atoms with van der Waals surface area (Å²) in [5, 5.41) is 7.35. The molecule has 0 saturated carbocycles. The van der Waals surface area contributed by atoms with Gasteiger partial charge in [0.25, 0.3) is 0 Å². The molecule has 0 bridgehead atoms. The maximum absolute atomic E-state index is 12.0. The molecule has 4 heteroatoms. The lowest BCUT2D eigenvalue weighted by atomic mass is 10.1. The van der Waals surface area contributed by atoms with E-state index in [2.05, 4.69) is 12.2 Å². The second-order valence-corrected chi connectivity index (χ2v) is 4.73. The molecule has 1 aromatic rings. The number of nitrogens with zero attached hydrogens (tertiary/aromatic N) is 1. The molecule has 2 heterocycles. The summed E-state index contributed by atoms with van der Waals surface area (Å²) < 4.78 is 0. The van der Waals surface area contributed by atoms with Crippen LogP contribution in [0.1, 0.15) is 12.5 Å². The molecule has 1 aromatic heterocycles. The van der Waals surface area contributed by atoms with Crippen molar-refractivity contribution < 1.29 is 4.79 Å². The zero-order valence-corrected chi connectivity index (χ0v) is 9.72. The van der Waals surface area contributed by atoms with Gasteiger partial charge in [-0.15, -0.1) is 0 Å². The molecule has 1 N–H and O–H groups in total. The van der Waals surface area contributed by atoms with Gasteiger partial charge in [0.05, 0.1) is 6.42 Å². The first kappa shape index (κ1) is 10.6. The van der Waals surface area contributed by atoms with E-state index in [1.54, 1.807) is 11.3 Å². The molecule has 1 saturated heterocycles. The van der Waals surface area contributed by atoms with E-state index in [9.17, 15) is 4.79 Å². The van der Waals surface area contributed by atoms with Gasteiger partial charge in [-0.3, -0.25) is 4.79 Å². The first-order chi connectivity index (χ1) is 7.27. The van der Waals surface area contributed by atoms with Crippen LogP contribution in [-0.4, -0.2) is 36.5 Å². The Labute approximate surface area is 94.1 Å². The molecular weight excluding hydrogens is 208 g/mol. The summed E-state index contributed by atoms with van der Waals surface area (Å²) in [5.74, 6) is 0.252. The van der Waals surface area contributed by atoms with Crippen molar-refractivity contribution in [2.24, 2.45) is 0 Å². The second kappa shape index (κ2) is 4.77. The minimum Gasteiger partial charge on any atom is -0.337 e. The Hall–Kier alpha value is -0.870. The monoisotopic (exact) mass is 224 g/mol. The number of thiophene rings is 1. The third-order valence-corrected chi connectivity index (χ3v) is 3.49. The smallest absolute Gasteiger partial charge is 0.227 e. The van der Waals surface area contributed by atoms with Gasteiger partial charge in [-0.05, 0) is 29.3 Å². The van der Waals surface area contributed by atoms with Gasteiger partial charge >= 0.3 is 0 Å². The molecule has 0 spiro atoms. The normalized spacial score (nSPS) is 21.7. The van der Waals surface area contributed by atoms with E-state index in [-0.39, 0.29) is 5.91 Å². The SMILES string of the molecule is CC1CNCCN1C(=O)Cc1ccsc1. The predicted molar refractivity (Wildman–Crippen MR) is 62.1 cm³/mol. The minimum absolute atomic E-state index is 0.252. The van der Waals surface area contributed by atoms with Gasteiger partial charge in [0.1, 0.15) is 0 Å². The number of piperazine rings is 1. The van der Waals surface area contributed by atoms with Gasteiger partial charge in [-0.2, -0.15) is 11.3 Å². The molecule has 1 fully saturated rings. The lowest BCUT2D eigenvalue weighted by Gasteiger charge is -2.34. The highest BCUT2D eigenvalue weighted by atomic mass is 32.1. The van der Waals surface area contributed by atoms with Crippen molar-refractivity contribution in [2.75, 3.05) is 19.6 Å². The van der Waals surface area contributed by atoms with Crippen LogP contribution in [0.4, 0.5) is 0 Å². The maximum atomic E-state index is 12.0. The quantitative estimate of drug-likeness (QED) is 0.816. The molecule has 1 atom stereocenters. The van der Waals surface area contributed by atoms with Crippen LogP contribution in [-0.2, 0) is 11.2 Å². The molecule has 0 aliphatic carbocycles. The van der Waals surface area contributed by atoms with E-state index >= 15 is 0 Å². The van der Waals surface area contributed by atoms with E-state index < -0.39 is 0 Å². The van der Waals surface area contributed by atoms with Crippen LogP contribution < -0.4 is 5.32 Å². The van der Waals surface area contributed by atoms with E-state index in [0.717, 1.165) is 25.2 Å². The fourth-order valence-electron chi connectivity index (χ4n) is 1.88. The first-order valence-corrected chi connectivity index (χ1v) is 6.23. The number of hydrogen-bond donors (Lipinski definition) is 1. The summed E-state index contributed by atoms with van der Waals surface area (Å²) in [5.41, 5.74) is 1.13. The van der Waals surface area contributed by atoms with Gasteiger partial charge < -0.3 is 10.2 Å². The van der Waals surface area contributed by atoms with Gasteiger partial charge in [-0.25, -0.2) is 0 Å². The largest absolute Gasteiger partial charge is 0.337 e. The zero-order valence-electron chi connectivity index (χ0n) is 8.90. The third-order valence-electron chi connectivity index (χ3n) is 2.76. The number of amides is 1. The van der Waals surface area contributed by atoms with Crippen LogP contribution in [0.5, 0.6) is 0 Å². The molecule has 1 amide bonds. The lowest BCUT2D eigenvalue weighted by Crippen LogP contribution is -2.52. The van der Waals surface area contributed by atoms with Crippen molar-refractivity contribution in [3.8, 4) is 0 Å². The summed E-state index contributed by atoms with van der Waals surface area (Å²) in [7, 11) is 0. The van der Waals surface area contributed by atoms with Crippen LogP contribution >= 0.6 is 11.3 Å². The predicted octanol–water partition coefficient (Wildman–Crippen LogP) is 1.11. The number of rotatable bonds is 2. The first-order valence-electron chi connectivity index (χ1n) is 5.28. The maximum Gasteiger partial charge on any atom is 0.227 e. The summed E-state index contributed by atoms with van der Waals surface area (Å²) >= 11 is 1.65. The summed E-state index contributed by atoms with van der Waals surface area (Å²) in [6.45, 7) is 4.76. The Morgan fingerprint density at radius 3 is 3.27 bits per heavy atom. The Morgan fingerprint density at radius 1 is 1.73 bits per heavy atom. The van der Waals surface area contributed by atoms with Crippen molar-refractivity contribution in [1.29, 1.82) is 0 Å². The van der Waals surface area contributed by atoms with Gasteiger partial charge in [0, 0.05) is 25.7 Å². The van der Waals surface area contributed by atoms with E-state index in [1.807, 2.05) is 21.7 Å². The topological polar surface area (TPSA) is 32.3 Å². The molecule has 1 aliphatic heterocycles. The standard InChI is InChI=1S/C11H16N2OS/c1-9-7-12-3-4-13(9)11(14)6-10-2-5-15-8-10/h2,5,8-9,12H,3-4,6-7H2,1H3. The zero-order chi connectivity index (χ0) is 10.7. The molecular formula is C11H16N2OS. The van der Waals surface area contributed by atoms with Crippen molar-refractivity contribution in [3.05, 3.63) is 22.4 Å². The minimum atomic E-state index is 0.252. The molecule has 1 unspecified atom stereocenters. The van der Waals surface area contributed by atoms with Crippen molar-refractivity contribution >= 4 is 17.2 Å². The summed E-state index contributed by atoms with van der Waals surface area (Å²) in [4.78, 5) is 14.0. The molecule has 0 aromatic carbocycles. The van der Waals surface area contributed by atoms with Gasteiger partial charge in [-0.1, -0.05) is 0 Å². The van der Waals surface area contributed by atoms with Crippen molar-refractivity contribution in [1.82, 2.24) is 10.2 Å². The fraction of sp³-hybridized carbons (Fsp3) is 0.545. The van der Waals surface area contributed by atoms with Crippen LogP contribution in [0.15, 0.2) is 16.8 Å². The summed E-state index contributed by atoms with van der Waals surface area (Å²) in [6, 6.07) is 2.35. The summed E-state index contributed by atoms with van der Waals surface area (Å²) in [6.07, 6.45) is 0.549. The van der Waals surface area contributed by atoms with E-state index in [4.69, 9.17) is 0 Å². The third kappa shape index (κ3) is 2.58. The highest BCUT2D eigenvalue weighted by molar-refractivity contribution is 7.07. The Balaban J connectivity index is 1.95. The second-order valence-electron chi connectivity index (χ2n) is 3.95. The molecule has 3 nitrogen and oxygen atoms in total. The van der Waals surface area contributed by atoms with Crippen LogP contribution in [0.3, 0.4) is 0 Å². The van der Waals surface area contributed by atoms with E-state index in [1.165, 1.54) is 0 Å². The lowest BCUT2D eigenvalue weighted by molar-refractivity contribution is -0.133. The van der Waals surface area contributed by atoms with Crippen LogP contribution in [0, 0.1) is 0 Å². The molecule has 82 valence electrons. The molecule has 1 aliphatic rings. The number of carbonyl (C=O) groups excluding carboxylic acids is 1. The van der Waals surface area contributed by atoms with Crippen LogP contribution in [0.2, 0.25) is 0 Å². The number of hydrogen-bond acceptors (Lipinski definition) is 3. The fourth-order valence-corrected chi connectivity index (χ4v) is 2.55. The van der Waals surface area contributed by atoms with Crippen molar-refractivity contribution in [3.63, 3.8) is 0 Å². The van der Waals surface area contributed by atoms with Gasteiger partial charge in [0.2, 0.25) is 5.91 Å². The average molecular weight is 224 g/mol. The van der Waals surface area contributed by atoms with Crippen LogP contribution in [0.25, 0.3) is 0 Å².